The summed E-state index contributed by atoms with van der Waals surface area (Å²) in [6.45, 7) is 0.522. The SMILES string of the molecule is O=C1c2ccccc2N[C@@H](C2CCCCC2)N1Cc1ccco1. The quantitative estimate of drug-likeness (QED) is 0.921. The monoisotopic (exact) mass is 310 g/mol. The summed E-state index contributed by atoms with van der Waals surface area (Å²) in [5, 5.41) is 3.62. The van der Waals surface area contributed by atoms with Crippen molar-refractivity contribution in [1.29, 1.82) is 0 Å². The molecule has 1 N–H and O–H groups in total. The third-order valence-corrected chi connectivity index (χ3v) is 5.06. The Balaban J connectivity index is 1.67. The van der Waals surface area contributed by atoms with Gasteiger partial charge in [-0.1, -0.05) is 31.4 Å². The molecule has 0 saturated heterocycles. The molecular formula is C19H22N2O2. The summed E-state index contributed by atoms with van der Waals surface area (Å²) in [4.78, 5) is 15.0. The van der Waals surface area contributed by atoms with Gasteiger partial charge in [0.05, 0.1) is 18.4 Å². The van der Waals surface area contributed by atoms with E-state index in [-0.39, 0.29) is 12.1 Å². The molecule has 1 fully saturated rings. The van der Waals surface area contributed by atoms with Crippen molar-refractivity contribution in [2.45, 2.75) is 44.8 Å². The molecule has 2 aliphatic rings. The minimum absolute atomic E-state index is 0.0581. The van der Waals surface area contributed by atoms with E-state index in [0.717, 1.165) is 17.0 Å². The molecule has 1 aromatic carbocycles. The summed E-state index contributed by atoms with van der Waals surface area (Å²) in [5.74, 6) is 1.45. The molecule has 1 aliphatic carbocycles. The lowest BCUT2D eigenvalue weighted by atomic mass is 9.85. The van der Waals surface area contributed by atoms with Gasteiger partial charge in [-0.3, -0.25) is 4.79 Å². The van der Waals surface area contributed by atoms with Gasteiger partial charge in [-0.25, -0.2) is 0 Å². The van der Waals surface area contributed by atoms with Gasteiger partial charge in [-0.15, -0.1) is 0 Å². The minimum Gasteiger partial charge on any atom is -0.467 e. The maximum absolute atomic E-state index is 13.0. The fourth-order valence-electron chi connectivity index (χ4n) is 3.88. The van der Waals surface area contributed by atoms with E-state index < -0.39 is 0 Å². The van der Waals surface area contributed by atoms with Crippen LogP contribution < -0.4 is 5.32 Å². The predicted octanol–water partition coefficient (Wildman–Crippen LogP) is 4.25. The molecule has 0 unspecified atom stereocenters. The first-order valence-corrected chi connectivity index (χ1v) is 8.52. The van der Waals surface area contributed by atoms with Gasteiger partial charge in [-0.2, -0.15) is 0 Å². The van der Waals surface area contributed by atoms with E-state index in [9.17, 15) is 4.79 Å². The first-order valence-electron chi connectivity index (χ1n) is 8.52. The number of fused-ring (bicyclic) bond motifs is 1. The van der Waals surface area contributed by atoms with Crippen molar-refractivity contribution in [3.05, 3.63) is 54.0 Å². The van der Waals surface area contributed by atoms with E-state index >= 15 is 0 Å². The lowest BCUT2D eigenvalue weighted by molar-refractivity contribution is 0.0550. The third kappa shape index (κ3) is 2.74. The summed E-state index contributed by atoms with van der Waals surface area (Å²) in [5.41, 5.74) is 1.72. The lowest BCUT2D eigenvalue weighted by Crippen LogP contribution is -2.52. The van der Waals surface area contributed by atoms with Crippen LogP contribution >= 0.6 is 0 Å². The molecule has 2 aromatic rings. The van der Waals surface area contributed by atoms with Crippen LogP contribution in [0.1, 0.15) is 48.2 Å². The topological polar surface area (TPSA) is 45.5 Å². The molecule has 2 heterocycles. The fourth-order valence-corrected chi connectivity index (χ4v) is 3.88. The van der Waals surface area contributed by atoms with Crippen molar-refractivity contribution < 1.29 is 9.21 Å². The van der Waals surface area contributed by atoms with Crippen molar-refractivity contribution in [2.75, 3.05) is 5.32 Å². The van der Waals surface area contributed by atoms with E-state index in [2.05, 4.69) is 5.32 Å². The molecule has 0 bridgehead atoms. The Kier molecular flexibility index (Phi) is 3.82. The second-order valence-electron chi connectivity index (χ2n) is 6.55. The molecule has 4 rings (SSSR count). The molecule has 1 aliphatic heterocycles. The van der Waals surface area contributed by atoms with Crippen molar-refractivity contribution in [2.24, 2.45) is 5.92 Å². The van der Waals surface area contributed by atoms with Gasteiger partial charge in [0.2, 0.25) is 0 Å². The Morgan fingerprint density at radius 3 is 2.70 bits per heavy atom. The van der Waals surface area contributed by atoms with Gasteiger partial charge in [-0.05, 0) is 43.0 Å². The predicted molar refractivity (Wildman–Crippen MR) is 89.0 cm³/mol. The van der Waals surface area contributed by atoms with Crippen LogP contribution in [-0.2, 0) is 6.54 Å². The highest BCUT2D eigenvalue weighted by atomic mass is 16.3. The normalized spacial score (nSPS) is 21.8. The number of carbonyl (C=O) groups is 1. The Bertz CT molecular complexity index is 674. The number of benzene rings is 1. The number of anilines is 1. The van der Waals surface area contributed by atoms with Gasteiger partial charge in [0.25, 0.3) is 5.91 Å². The van der Waals surface area contributed by atoms with Crippen molar-refractivity contribution in [1.82, 2.24) is 4.90 Å². The van der Waals surface area contributed by atoms with Crippen LogP contribution in [0.3, 0.4) is 0 Å². The number of hydrogen-bond acceptors (Lipinski definition) is 3. The average molecular weight is 310 g/mol. The van der Waals surface area contributed by atoms with Crippen LogP contribution in [0.4, 0.5) is 5.69 Å². The maximum atomic E-state index is 13.0. The molecule has 23 heavy (non-hydrogen) atoms. The number of rotatable bonds is 3. The first kappa shape index (κ1) is 14.4. The molecule has 1 saturated carbocycles. The van der Waals surface area contributed by atoms with E-state index in [1.165, 1.54) is 32.1 Å². The zero-order chi connectivity index (χ0) is 15.6. The molecule has 4 nitrogen and oxygen atoms in total. The number of nitrogens with one attached hydrogen (secondary N) is 1. The average Bonchev–Trinajstić information content (AvgIpc) is 3.11. The zero-order valence-electron chi connectivity index (χ0n) is 13.2. The van der Waals surface area contributed by atoms with E-state index in [4.69, 9.17) is 4.42 Å². The van der Waals surface area contributed by atoms with Gasteiger partial charge in [0.15, 0.2) is 0 Å². The minimum atomic E-state index is 0.0581. The number of nitrogens with zero attached hydrogens (tertiary/aromatic N) is 1. The zero-order valence-corrected chi connectivity index (χ0v) is 13.2. The van der Waals surface area contributed by atoms with Crippen LogP contribution in [0.15, 0.2) is 47.1 Å². The van der Waals surface area contributed by atoms with E-state index in [0.29, 0.717) is 12.5 Å². The third-order valence-electron chi connectivity index (χ3n) is 5.06. The molecular weight excluding hydrogens is 288 g/mol. The maximum Gasteiger partial charge on any atom is 0.258 e. The molecule has 4 heteroatoms. The number of furan rings is 1. The van der Waals surface area contributed by atoms with E-state index in [1.54, 1.807) is 6.26 Å². The standard InChI is InChI=1S/C19H22N2O2/c22-19-16-10-4-5-11-17(16)20-18(14-7-2-1-3-8-14)21(19)13-15-9-6-12-23-15/h4-6,9-12,14,18,20H,1-3,7-8,13H2/t18-/m1/s1. The Morgan fingerprint density at radius 1 is 1.09 bits per heavy atom. The highest BCUT2D eigenvalue weighted by Gasteiger charge is 2.37. The summed E-state index contributed by atoms with van der Waals surface area (Å²) in [6.07, 6.45) is 7.92. The highest BCUT2D eigenvalue weighted by Crippen LogP contribution is 2.35. The summed E-state index contributed by atoms with van der Waals surface area (Å²) in [6, 6.07) is 11.6. The van der Waals surface area contributed by atoms with Gasteiger partial charge in [0.1, 0.15) is 11.9 Å². The smallest absolute Gasteiger partial charge is 0.258 e. The highest BCUT2D eigenvalue weighted by molar-refractivity contribution is 6.01. The van der Waals surface area contributed by atoms with Crippen LogP contribution in [-0.4, -0.2) is 17.0 Å². The van der Waals surface area contributed by atoms with Crippen molar-refractivity contribution in [3.8, 4) is 0 Å². The molecule has 0 radical (unpaired) electrons. The Hall–Kier alpha value is -2.23. The van der Waals surface area contributed by atoms with Crippen molar-refractivity contribution >= 4 is 11.6 Å². The number of hydrogen-bond donors (Lipinski definition) is 1. The van der Waals surface area contributed by atoms with Crippen LogP contribution in [0.2, 0.25) is 0 Å². The molecule has 1 aromatic heterocycles. The summed E-state index contributed by atoms with van der Waals surface area (Å²) < 4.78 is 5.49. The summed E-state index contributed by atoms with van der Waals surface area (Å²) in [7, 11) is 0. The van der Waals surface area contributed by atoms with E-state index in [1.807, 2.05) is 41.3 Å². The summed E-state index contributed by atoms with van der Waals surface area (Å²) >= 11 is 0. The van der Waals surface area contributed by atoms with Crippen LogP contribution in [0.25, 0.3) is 0 Å². The second-order valence-corrected chi connectivity index (χ2v) is 6.55. The largest absolute Gasteiger partial charge is 0.467 e. The second kappa shape index (κ2) is 6.11. The number of carbonyl (C=O) groups excluding carboxylic acids is 1. The Labute approximate surface area is 136 Å². The molecule has 1 amide bonds. The molecule has 1 atom stereocenters. The van der Waals surface area contributed by atoms with Gasteiger partial charge < -0.3 is 14.6 Å². The fraction of sp³-hybridized carbons (Fsp3) is 0.421. The van der Waals surface area contributed by atoms with Crippen LogP contribution in [0, 0.1) is 5.92 Å². The molecule has 120 valence electrons. The van der Waals surface area contributed by atoms with Crippen LogP contribution in [0.5, 0.6) is 0 Å². The Morgan fingerprint density at radius 2 is 1.91 bits per heavy atom. The van der Waals surface area contributed by atoms with Gasteiger partial charge in [0, 0.05) is 5.69 Å². The van der Waals surface area contributed by atoms with Gasteiger partial charge >= 0.3 is 0 Å². The number of para-hydroxylation sites is 1. The number of amides is 1. The lowest BCUT2D eigenvalue weighted by Gasteiger charge is -2.42. The van der Waals surface area contributed by atoms with Crippen molar-refractivity contribution in [3.63, 3.8) is 0 Å². The molecule has 0 spiro atoms. The first-order chi connectivity index (χ1) is 11.3.